The maximum atomic E-state index is 12.8. The number of nitrogens with one attached hydrogen (secondary N) is 1. The normalized spacial score (nSPS) is 13.9. The summed E-state index contributed by atoms with van der Waals surface area (Å²) in [4.78, 5) is 28.2. The summed E-state index contributed by atoms with van der Waals surface area (Å²) < 4.78 is 7.34. The molecule has 0 unspecified atom stereocenters. The van der Waals surface area contributed by atoms with Crippen molar-refractivity contribution in [2.45, 2.75) is 37.6 Å². The van der Waals surface area contributed by atoms with Crippen molar-refractivity contribution in [1.82, 2.24) is 9.47 Å². The highest BCUT2D eigenvalue weighted by Crippen LogP contribution is 2.30. The number of carbonyl (C=O) groups excluding carboxylic acids is 2. The Morgan fingerprint density at radius 1 is 1.06 bits per heavy atom. The van der Waals surface area contributed by atoms with E-state index < -0.39 is 0 Å². The average Bonchev–Trinajstić information content (AvgIpc) is 3.20. The van der Waals surface area contributed by atoms with E-state index in [0.717, 1.165) is 27.9 Å². The summed E-state index contributed by atoms with van der Waals surface area (Å²) in [6.45, 7) is 4.94. The van der Waals surface area contributed by atoms with Crippen LogP contribution in [0.1, 0.15) is 25.3 Å². The molecule has 1 N–H and O–H groups in total. The molecule has 4 rings (SSSR count). The zero-order chi connectivity index (χ0) is 23.0. The third-order valence-electron chi connectivity index (χ3n) is 5.84. The van der Waals surface area contributed by atoms with Crippen LogP contribution in [0.2, 0.25) is 0 Å². The second-order valence-electron chi connectivity index (χ2n) is 8.27. The summed E-state index contributed by atoms with van der Waals surface area (Å²) in [6.07, 6.45) is 5.41. The number of aryl methyl sites for hydroxylation is 1. The van der Waals surface area contributed by atoms with Crippen molar-refractivity contribution in [2.24, 2.45) is 0 Å². The summed E-state index contributed by atoms with van der Waals surface area (Å²) >= 11 is 1.50. The van der Waals surface area contributed by atoms with Gasteiger partial charge in [-0.2, -0.15) is 0 Å². The van der Waals surface area contributed by atoms with Gasteiger partial charge in [0.05, 0.1) is 19.0 Å². The molecule has 0 spiro atoms. The van der Waals surface area contributed by atoms with Gasteiger partial charge in [0, 0.05) is 40.8 Å². The van der Waals surface area contributed by atoms with Gasteiger partial charge in [0.2, 0.25) is 11.8 Å². The summed E-state index contributed by atoms with van der Waals surface area (Å²) in [5, 5.41) is 4.05. The lowest BCUT2D eigenvalue weighted by molar-refractivity contribution is -0.135. The SMILES string of the molecule is CCCCc1ccc(NC(=O)CSc2cn(CC(=O)N3CCOCC3)c3ccccc23)cc1. The van der Waals surface area contributed by atoms with Gasteiger partial charge >= 0.3 is 0 Å². The van der Waals surface area contributed by atoms with Crippen LogP contribution in [0.4, 0.5) is 5.69 Å². The molecule has 1 aliphatic heterocycles. The summed E-state index contributed by atoms with van der Waals surface area (Å²) in [5.74, 6) is 0.362. The fraction of sp³-hybridized carbons (Fsp3) is 0.385. The molecule has 7 heteroatoms. The highest BCUT2D eigenvalue weighted by atomic mass is 32.2. The number of unbranched alkanes of at least 4 members (excludes halogenated alkanes) is 1. The molecule has 2 heterocycles. The first-order valence-corrected chi connectivity index (χ1v) is 12.6. The van der Waals surface area contributed by atoms with Gasteiger partial charge in [-0.25, -0.2) is 0 Å². The Morgan fingerprint density at radius 2 is 1.82 bits per heavy atom. The van der Waals surface area contributed by atoms with E-state index in [9.17, 15) is 9.59 Å². The molecule has 0 atom stereocenters. The van der Waals surface area contributed by atoms with E-state index in [4.69, 9.17) is 4.74 Å². The van der Waals surface area contributed by atoms with Crippen LogP contribution in [0, 0.1) is 0 Å². The first-order valence-electron chi connectivity index (χ1n) is 11.6. The number of morpholine rings is 1. The van der Waals surface area contributed by atoms with Gasteiger partial charge in [0.1, 0.15) is 6.54 Å². The highest BCUT2D eigenvalue weighted by molar-refractivity contribution is 8.00. The predicted molar refractivity (Wildman–Crippen MR) is 134 cm³/mol. The molecule has 33 heavy (non-hydrogen) atoms. The number of rotatable bonds is 9. The van der Waals surface area contributed by atoms with Gasteiger partial charge < -0.3 is 19.5 Å². The molecule has 6 nitrogen and oxygen atoms in total. The van der Waals surface area contributed by atoms with Crippen LogP contribution in [-0.4, -0.2) is 53.3 Å². The zero-order valence-corrected chi connectivity index (χ0v) is 19.9. The van der Waals surface area contributed by atoms with Crippen molar-refractivity contribution < 1.29 is 14.3 Å². The number of amides is 2. The van der Waals surface area contributed by atoms with E-state index in [1.165, 1.54) is 30.2 Å². The second kappa shape index (κ2) is 11.4. The van der Waals surface area contributed by atoms with Crippen LogP contribution >= 0.6 is 11.8 Å². The first kappa shape index (κ1) is 23.4. The van der Waals surface area contributed by atoms with E-state index in [2.05, 4.69) is 24.4 Å². The molecule has 0 aliphatic carbocycles. The van der Waals surface area contributed by atoms with E-state index in [0.29, 0.717) is 32.1 Å². The summed E-state index contributed by atoms with van der Waals surface area (Å²) in [7, 11) is 0. The van der Waals surface area contributed by atoms with E-state index >= 15 is 0 Å². The number of thioether (sulfide) groups is 1. The van der Waals surface area contributed by atoms with Gasteiger partial charge in [0.15, 0.2) is 0 Å². The molecule has 1 aromatic heterocycles. The van der Waals surface area contributed by atoms with E-state index in [1.54, 1.807) is 0 Å². The monoisotopic (exact) mass is 465 g/mol. The van der Waals surface area contributed by atoms with Crippen molar-refractivity contribution >= 4 is 40.2 Å². The van der Waals surface area contributed by atoms with Crippen molar-refractivity contribution in [3.63, 3.8) is 0 Å². The van der Waals surface area contributed by atoms with Gasteiger partial charge in [-0.15, -0.1) is 11.8 Å². The van der Waals surface area contributed by atoms with Crippen LogP contribution < -0.4 is 5.32 Å². The van der Waals surface area contributed by atoms with Crippen molar-refractivity contribution in [1.29, 1.82) is 0 Å². The Bertz CT molecular complexity index is 1090. The molecule has 1 fully saturated rings. The van der Waals surface area contributed by atoms with Crippen molar-refractivity contribution in [2.75, 3.05) is 37.4 Å². The fourth-order valence-electron chi connectivity index (χ4n) is 3.99. The number of fused-ring (bicyclic) bond motifs is 1. The number of para-hydroxylation sites is 1. The van der Waals surface area contributed by atoms with Crippen LogP contribution in [0.25, 0.3) is 10.9 Å². The van der Waals surface area contributed by atoms with Crippen molar-refractivity contribution in [3.8, 4) is 0 Å². The van der Waals surface area contributed by atoms with E-state index in [1.807, 2.05) is 52.1 Å². The quantitative estimate of drug-likeness (QED) is 0.470. The van der Waals surface area contributed by atoms with Gasteiger partial charge in [-0.05, 0) is 36.6 Å². The molecule has 2 aromatic carbocycles. The molecule has 0 radical (unpaired) electrons. The third-order valence-corrected chi connectivity index (χ3v) is 6.88. The first-order chi connectivity index (χ1) is 16.1. The molecule has 174 valence electrons. The standard InChI is InChI=1S/C26H31N3O3S/c1-2-3-6-20-9-11-21(12-10-20)27-25(30)19-33-24-17-29(23-8-5-4-7-22(23)24)18-26(31)28-13-15-32-16-14-28/h4-5,7-12,17H,2-3,6,13-16,18-19H2,1H3,(H,27,30). The van der Waals surface area contributed by atoms with Crippen LogP contribution in [-0.2, 0) is 27.3 Å². The minimum atomic E-state index is -0.0393. The predicted octanol–water partition coefficient (Wildman–Crippen LogP) is 4.57. The van der Waals surface area contributed by atoms with Crippen LogP contribution in [0.15, 0.2) is 59.6 Å². The molecule has 1 aliphatic rings. The smallest absolute Gasteiger partial charge is 0.242 e. The number of carbonyl (C=O) groups is 2. The van der Waals surface area contributed by atoms with E-state index in [-0.39, 0.29) is 18.4 Å². The second-order valence-corrected chi connectivity index (χ2v) is 9.29. The molecular weight excluding hydrogens is 434 g/mol. The number of ether oxygens (including phenoxy) is 1. The van der Waals surface area contributed by atoms with Crippen LogP contribution in [0.5, 0.6) is 0 Å². The third kappa shape index (κ3) is 6.18. The number of hydrogen-bond donors (Lipinski definition) is 1. The Labute approximate surface area is 199 Å². The fourth-order valence-corrected chi connectivity index (χ4v) is 4.88. The molecule has 0 saturated carbocycles. The number of anilines is 1. The number of aromatic nitrogens is 1. The maximum Gasteiger partial charge on any atom is 0.242 e. The minimum Gasteiger partial charge on any atom is -0.378 e. The van der Waals surface area contributed by atoms with Crippen LogP contribution in [0.3, 0.4) is 0 Å². The Balaban J connectivity index is 1.38. The Hall–Kier alpha value is -2.77. The molecular formula is C26H31N3O3S. The van der Waals surface area contributed by atoms with Gasteiger partial charge in [-0.1, -0.05) is 43.7 Å². The number of nitrogens with zero attached hydrogens (tertiary/aromatic N) is 2. The number of hydrogen-bond acceptors (Lipinski definition) is 4. The average molecular weight is 466 g/mol. The molecule has 0 bridgehead atoms. The lowest BCUT2D eigenvalue weighted by atomic mass is 10.1. The van der Waals surface area contributed by atoms with Gasteiger partial charge in [0.25, 0.3) is 0 Å². The Morgan fingerprint density at radius 3 is 2.58 bits per heavy atom. The maximum absolute atomic E-state index is 12.8. The largest absolute Gasteiger partial charge is 0.378 e. The molecule has 1 saturated heterocycles. The molecule has 3 aromatic rings. The van der Waals surface area contributed by atoms with Crippen molar-refractivity contribution in [3.05, 3.63) is 60.3 Å². The minimum absolute atomic E-state index is 0.0393. The number of benzene rings is 2. The lowest BCUT2D eigenvalue weighted by Crippen LogP contribution is -2.42. The summed E-state index contributed by atoms with van der Waals surface area (Å²) in [6, 6.07) is 16.1. The topological polar surface area (TPSA) is 63.6 Å². The highest BCUT2D eigenvalue weighted by Gasteiger charge is 2.19. The summed E-state index contributed by atoms with van der Waals surface area (Å²) in [5.41, 5.74) is 3.12. The zero-order valence-electron chi connectivity index (χ0n) is 19.1. The Kier molecular flexibility index (Phi) is 8.07. The molecule has 2 amide bonds. The van der Waals surface area contributed by atoms with Gasteiger partial charge in [-0.3, -0.25) is 9.59 Å². The lowest BCUT2D eigenvalue weighted by Gasteiger charge is -2.27.